The van der Waals surface area contributed by atoms with Crippen molar-refractivity contribution in [3.05, 3.63) is 35.6 Å². The summed E-state index contributed by atoms with van der Waals surface area (Å²) in [5.41, 5.74) is 6.62. The molecular weight excluding hydrogens is 257 g/mol. The molecule has 0 aromatic heterocycles. The number of halogens is 1. The third kappa shape index (κ3) is 4.93. The number of rotatable bonds is 6. The van der Waals surface area contributed by atoms with Crippen molar-refractivity contribution in [2.45, 2.75) is 46.3 Å². The highest BCUT2D eigenvalue weighted by Crippen LogP contribution is 2.26. The van der Waals surface area contributed by atoms with Crippen LogP contribution >= 0.6 is 0 Å². The second kappa shape index (κ2) is 7.39. The minimum atomic E-state index is -0.614. The second-order valence-electron chi connectivity index (χ2n) is 5.89. The van der Waals surface area contributed by atoms with E-state index in [-0.39, 0.29) is 11.7 Å². The van der Waals surface area contributed by atoms with Crippen LogP contribution in [0.15, 0.2) is 24.3 Å². The average Bonchev–Trinajstić information content (AvgIpc) is 2.35. The smallest absolute Gasteiger partial charge is 0.323 e. The molecule has 0 amide bonds. The lowest BCUT2D eigenvalue weighted by molar-refractivity contribution is -0.153. The fraction of sp³-hybridized carbons (Fsp3) is 0.562. The molecule has 0 saturated carbocycles. The fourth-order valence-corrected chi connectivity index (χ4v) is 2.06. The van der Waals surface area contributed by atoms with Crippen molar-refractivity contribution in [2.75, 3.05) is 0 Å². The molecule has 1 aromatic rings. The van der Waals surface area contributed by atoms with Crippen LogP contribution in [0.25, 0.3) is 0 Å². The van der Waals surface area contributed by atoms with Crippen LogP contribution in [-0.4, -0.2) is 12.0 Å². The number of benzene rings is 1. The predicted molar refractivity (Wildman–Crippen MR) is 77.5 cm³/mol. The number of carbonyl (C=O) groups excluding carboxylic acids is 1. The van der Waals surface area contributed by atoms with Crippen LogP contribution in [0.4, 0.5) is 4.39 Å². The standard InChI is InChI=1S/C16H24FNO2/c1-10(2)9-14(18)16(19)20-15(11(3)4)12-5-7-13(17)8-6-12/h5-8,10-11,14-15H,9,18H2,1-4H3/t14-,15-/m0/s1. The van der Waals surface area contributed by atoms with Gasteiger partial charge in [-0.15, -0.1) is 0 Å². The molecule has 3 nitrogen and oxygen atoms in total. The average molecular weight is 281 g/mol. The first kappa shape index (κ1) is 16.6. The largest absolute Gasteiger partial charge is 0.456 e. The van der Waals surface area contributed by atoms with Crippen molar-refractivity contribution in [3.63, 3.8) is 0 Å². The topological polar surface area (TPSA) is 52.3 Å². The van der Waals surface area contributed by atoms with Gasteiger partial charge < -0.3 is 10.5 Å². The maximum Gasteiger partial charge on any atom is 0.323 e. The van der Waals surface area contributed by atoms with Crippen LogP contribution in [0.5, 0.6) is 0 Å². The molecule has 0 aliphatic rings. The van der Waals surface area contributed by atoms with Gasteiger partial charge in [-0.2, -0.15) is 0 Å². The Morgan fingerprint density at radius 3 is 2.20 bits per heavy atom. The Bertz CT molecular complexity index is 429. The first-order valence-electron chi connectivity index (χ1n) is 7.02. The molecule has 1 aromatic carbocycles. The van der Waals surface area contributed by atoms with Crippen LogP contribution in [0.2, 0.25) is 0 Å². The van der Waals surface area contributed by atoms with Gasteiger partial charge in [0.2, 0.25) is 0 Å². The summed E-state index contributed by atoms with van der Waals surface area (Å²) in [6.45, 7) is 7.92. The summed E-state index contributed by atoms with van der Waals surface area (Å²) in [6.07, 6.45) is 0.189. The Balaban J connectivity index is 2.77. The van der Waals surface area contributed by atoms with Gasteiger partial charge in [-0.05, 0) is 36.0 Å². The van der Waals surface area contributed by atoms with Gasteiger partial charge in [0.05, 0.1) is 0 Å². The van der Waals surface area contributed by atoms with E-state index in [4.69, 9.17) is 10.5 Å². The van der Waals surface area contributed by atoms with Crippen LogP contribution in [-0.2, 0) is 9.53 Å². The first-order chi connectivity index (χ1) is 9.31. The Kier molecular flexibility index (Phi) is 6.14. The van der Waals surface area contributed by atoms with Crippen LogP contribution in [0.3, 0.4) is 0 Å². The Hall–Kier alpha value is -1.42. The molecule has 1 rings (SSSR count). The van der Waals surface area contributed by atoms with Crippen molar-refractivity contribution in [2.24, 2.45) is 17.6 Å². The zero-order valence-electron chi connectivity index (χ0n) is 12.6. The molecule has 4 heteroatoms. The summed E-state index contributed by atoms with van der Waals surface area (Å²) >= 11 is 0. The Morgan fingerprint density at radius 2 is 1.75 bits per heavy atom. The van der Waals surface area contributed by atoms with Gasteiger partial charge >= 0.3 is 5.97 Å². The minimum Gasteiger partial charge on any atom is -0.456 e. The molecule has 0 unspecified atom stereocenters. The van der Waals surface area contributed by atoms with Crippen LogP contribution in [0, 0.1) is 17.7 Å². The highest BCUT2D eigenvalue weighted by molar-refractivity contribution is 5.75. The summed E-state index contributed by atoms with van der Waals surface area (Å²) in [5.74, 6) is -0.280. The van der Waals surface area contributed by atoms with Crippen molar-refractivity contribution in [3.8, 4) is 0 Å². The molecule has 0 saturated heterocycles. The third-order valence-electron chi connectivity index (χ3n) is 3.08. The van der Waals surface area contributed by atoms with Crippen molar-refractivity contribution >= 4 is 5.97 Å². The van der Waals surface area contributed by atoms with Crippen LogP contribution < -0.4 is 5.73 Å². The van der Waals surface area contributed by atoms with Gasteiger partial charge in [0.25, 0.3) is 0 Å². The fourth-order valence-electron chi connectivity index (χ4n) is 2.06. The lowest BCUT2D eigenvalue weighted by Crippen LogP contribution is -2.35. The molecule has 20 heavy (non-hydrogen) atoms. The maximum absolute atomic E-state index is 13.0. The predicted octanol–water partition coefficient (Wildman–Crippen LogP) is 3.44. The van der Waals surface area contributed by atoms with E-state index >= 15 is 0 Å². The van der Waals surface area contributed by atoms with E-state index in [1.807, 2.05) is 27.7 Å². The molecule has 0 heterocycles. The van der Waals surface area contributed by atoms with E-state index in [2.05, 4.69) is 0 Å². The van der Waals surface area contributed by atoms with E-state index < -0.39 is 18.1 Å². The number of nitrogens with two attached hydrogens (primary N) is 1. The SMILES string of the molecule is CC(C)C[C@H](N)C(=O)O[C@H](c1ccc(F)cc1)C(C)C. The van der Waals surface area contributed by atoms with E-state index in [9.17, 15) is 9.18 Å². The van der Waals surface area contributed by atoms with E-state index in [1.165, 1.54) is 12.1 Å². The van der Waals surface area contributed by atoms with Gasteiger partial charge in [0.15, 0.2) is 0 Å². The first-order valence-corrected chi connectivity index (χ1v) is 7.02. The lowest BCUT2D eigenvalue weighted by atomic mass is 9.98. The molecule has 0 fully saturated rings. The van der Waals surface area contributed by atoms with Gasteiger partial charge in [-0.1, -0.05) is 39.8 Å². The summed E-state index contributed by atoms with van der Waals surface area (Å²) < 4.78 is 18.5. The lowest BCUT2D eigenvalue weighted by Gasteiger charge is -2.24. The number of hydrogen-bond acceptors (Lipinski definition) is 3. The van der Waals surface area contributed by atoms with Crippen LogP contribution in [0.1, 0.15) is 45.8 Å². The molecule has 0 aliphatic carbocycles. The highest BCUT2D eigenvalue weighted by Gasteiger charge is 2.24. The zero-order valence-corrected chi connectivity index (χ0v) is 12.6. The highest BCUT2D eigenvalue weighted by atomic mass is 19.1. The number of esters is 1. The van der Waals surface area contributed by atoms with E-state index in [0.717, 1.165) is 5.56 Å². The maximum atomic E-state index is 13.0. The Morgan fingerprint density at radius 1 is 1.20 bits per heavy atom. The normalized spacial score (nSPS) is 14.4. The van der Waals surface area contributed by atoms with Gasteiger partial charge in [-0.25, -0.2) is 4.39 Å². The number of ether oxygens (including phenoxy) is 1. The summed E-state index contributed by atoms with van der Waals surface area (Å²) in [4.78, 5) is 12.0. The molecular formula is C16H24FNO2. The van der Waals surface area contributed by atoms with E-state index in [1.54, 1.807) is 12.1 Å². The summed E-state index contributed by atoms with van der Waals surface area (Å²) in [7, 11) is 0. The quantitative estimate of drug-likeness (QED) is 0.813. The molecule has 0 spiro atoms. The second-order valence-corrected chi connectivity index (χ2v) is 5.89. The van der Waals surface area contributed by atoms with E-state index in [0.29, 0.717) is 12.3 Å². The van der Waals surface area contributed by atoms with Gasteiger partial charge in [0, 0.05) is 0 Å². The van der Waals surface area contributed by atoms with Crippen molar-refractivity contribution < 1.29 is 13.9 Å². The monoisotopic (exact) mass is 281 g/mol. The van der Waals surface area contributed by atoms with Crippen molar-refractivity contribution in [1.29, 1.82) is 0 Å². The molecule has 112 valence electrons. The summed E-state index contributed by atoms with van der Waals surface area (Å²) in [5, 5.41) is 0. The minimum absolute atomic E-state index is 0.0932. The van der Waals surface area contributed by atoms with Gasteiger partial charge in [0.1, 0.15) is 18.0 Å². The molecule has 0 bridgehead atoms. The molecule has 0 radical (unpaired) electrons. The Labute approximate surface area is 120 Å². The molecule has 2 atom stereocenters. The molecule has 0 aliphatic heterocycles. The zero-order chi connectivity index (χ0) is 15.3. The van der Waals surface area contributed by atoms with Crippen molar-refractivity contribution in [1.82, 2.24) is 0 Å². The van der Waals surface area contributed by atoms with Gasteiger partial charge in [-0.3, -0.25) is 4.79 Å². The number of carbonyl (C=O) groups is 1. The number of hydrogen-bond donors (Lipinski definition) is 1. The summed E-state index contributed by atoms with van der Waals surface area (Å²) in [6, 6.07) is 5.40. The molecule has 2 N–H and O–H groups in total. The third-order valence-corrected chi connectivity index (χ3v) is 3.08.